The van der Waals surface area contributed by atoms with Crippen molar-refractivity contribution in [1.82, 2.24) is 14.5 Å². The predicted octanol–water partition coefficient (Wildman–Crippen LogP) is 2.09. The zero-order valence-corrected chi connectivity index (χ0v) is 10.2. The van der Waals surface area contributed by atoms with Crippen molar-refractivity contribution >= 4 is 11.0 Å². The summed E-state index contributed by atoms with van der Waals surface area (Å²) in [7, 11) is 1.98. The van der Waals surface area contributed by atoms with Crippen LogP contribution < -0.4 is 5.73 Å². The predicted molar refractivity (Wildman–Crippen MR) is 71.8 cm³/mol. The van der Waals surface area contributed by atoms with Crippen molar-refractivity contribution in [2.45, 2.75) is 6.54 Å². The van der Waals surface area contributed by atoms with Crippen molar-refractivity contribution in [3.8, 4) is 11.3 Å². The average Bonchev–Trinajstić information content (AvgIpc) is 2.81. The summed E-state index contributed by atoms with van der Waals surface area (Å²) < 4.78 is 1.99. The van der Waals surface area contributed by atoms with Crippen LogP contribution in [0.5, 0.6) is 0 Å². The van der Waals surface area contributed by atoms with Crippen LogP contribution in [0.2, 0.25) is 0 Å². The first-order valence-corrected chi connectivity index (χ1v) is 5.85. The molecule has 3 rings (SSSR count). The number of hydrogen-bond acceptors (Lipinski definition) is 3. The summed E-state index contributed by atoms with van der Waals surface area (Å²) in [6.45, 7) is 0.560. The highest BCUT2D eigenvalue weighted by Gasteiger charge is 2.08. The third kappa shape index (κ3) is 1.67. The molecule has 0 spiro atoms. The Morgan fingerprint density at radius 2 is 1.89 bits per heavy atom. The lowest BCUT2D eigenvalue weighted by molar-refractivity contribution is 0.944. The summed E-state index contributed by atoms with van der Waals surface area (Å²) in [5.74, 6) is 0. The average molecular weight is 238 g/mol. The molecule has 0 aliphatic carbocycles. The molecule has 0 amide bonds. The summed E-state index contributed by atoms with van der Waals surface area (Å²) in [6, 6.07) is 10.2. The minimum atomic E-state index is 0.560. The van der Waals surface area contributed by atoms with E-state index < -0.39 is 0 Å². The van der Waals surface area contributed by atoms with Crippen molar-refractivity contribution in [2.24, 2.45) is 12.8 Å². The molecule has 2 heterocycles. The van der Waals surface area contributed by atoms with Gasteiger partial charge in [-0.15, -0.1) is 0 Å². The molecule has 1 aromatic carbocycles. The zero-order chi connectivity index (χ0) is 12.5. The summed E-state index contributed by atoms with van der Waals surface area (Å²) in [5, 5.41) is 1.07. The Labute approximate surface area is 105 Å². The maximum Gasteiger partial charge on any atom is 0.143 e. The van der Waals surface area contributed by atoms with E-state index in [1.165, 1.54) is 0 Å². The highest BCUT2D eigenvalue weighted by atomic mass is 15.0. The first-order valence-electron chi connectivity index (χ1n) is 5.85. The largest absolute Gasteiger partial charge is 0.335 e. The fraction of sp³-hybridized carbons (Fsp3) is 0.143. The fourth-order valence-electron chi connectivity index (χ4n) is 2.11. The van der Waals surface area contributed by atoms with Crippen molar-refractivity contribution in [2.75, 3.05) is 0 Å². The molecule has 0 saturated carbocycles. The van der Waals surface area contributed by atoms with Gasteiger partial charge in [-0.3, -0.25) is 0 Å². The summed E-state index contributed by atoms with van der Waals surface area (Å²) in [6.07, 6.45) is 3.60. The van der Waals surface area contributed by atoms with E-state index in [0.29, 0.717) is 6.54 Å². The number of nitrogens with two attached hydrogens (primary N) is 1. The molecule has 2 aromatic heterocycles. The van der Waals surface area contributed by atoms with Gasteiger partial charge >= 0.3 is 0 Å². The molecule has 0 atom stereocenters. The minimum absolute atomic E-state index is 0.560. The van der Waals surface area contributed by atoms with E-state index in [1.54, 1.807) is 6.33 Å². The number of nitrogens with zero attached hydrogens (tertiary/aromatic N) is 3. The maximum absolute atomic E-state index is 5.60. The fourth-order valence-corrected chi connectivity index (χ4v) is 2.11. The number of rotatable bonds is 2. The van der Waals surface area contributed by atoms with Gasteiger partial charge in [0.2, 0.25) is 0 Å². The number of hydrogen-bond donors (Lipinski definition) is 1. The lowest BCUT2D eigenvalue weighted by Crippen LogP contribution is -1.96. The Hall–Kier alpha value is -2.20. The van der Waals surface area contributed by atoms with Gasteiger partial charge in [0, 0.05) is 30.7 Å². The highest BCUT2D eigenvalue weighted by molar-refractivity contribution is 5.90. The zero-order valence-electron chi connectivity index (χ0n) is 10.2. The van der Waals surface area contributed by atoms with Crippen LogP contribution in [0.4, 0.5) is 0 Å². The Bertz CT molecular complexity index is 683. The van der Waals surface area contributed by atoms with Gasteiger partial charge in [-0.2, -0.15) is 0 Å². The molecule has 0 fully saturated rings. The van der Waals surface area contributed by atoms with Crippen molar-refractivity contribution in [3.63, 3.8) is 0 Å². The van der Waals surface area contributed by atoms with E-state index in [0.717, 1.165) is 27.9 Å². The number of fused-ring (bicyclic) bond motifs is 1. The normalized spacial score (nSPS) is 11.0. The number of aromatic nitrogens is 3. The molecule has 0 bridgehead atoms. The smallest absolute Gasteiger partial charge is 0.143 e. The SMILES string of the molecule is Cn1ccc2c(-c3ccc(CN)cc3)ncnc21. The molecule has 0 radical (unpaired) electrons. The van der Waals surface area contributed by atoms with E-state index in [2.05, 4.69) is 22.1 Å². The first kappa shape index (κ1) is 10.9. The highest BCUT2D eigenvalue weighted by Crippen LogP contribution is 2.25. The van der Waals surface area contributed by atoms with Crippen LogP contribution in [0.15, 0.2) is 42.9 Å². The second kappa shape index (κ2) is 4.23. The molecule has 0 unspecified atom stereocenters. The second-order valence-electron chi connectivity index (χ2n) is 4.29. The molecular weight excluding hydrogens is 224 g/mol. The molecule has 4 heteroatoms. The third-order valence-electron chi connectivity index (χ3n) is 3.12. The lowest BCUT2D eigenvalue weighted by Gasteiger charge is -2.04. The Morgan fingerprint density at radius 1 is 1.11 bits per heavy atom. The van der Waals surface area contributed by atoms with Crippen LogP contribution >= 0.6 is 0 Å². The Balaban J connectivity index is 2.18. The molecule has 4 nitrogen and oxygen atoms in total. The molecule has 18 heavy (non-hydrogen) atoms. The second-order valence-corrected chi connectivity index (χ2v) is 4.29. The van der Waals surface area contributed by atoms with Crippen LogP contribution in [0.25, 0.3) is 22.3 Å². The summed E-state index contributed by atoms with van der Waals surface area (Å²) in [4.78, 5) is 8.68. The van der Waals surface area contributed by atoms with Crippen LogP contribution in [-0.2, 0) is 13.6 Å². The molecule has 2 N–H and O–H groups in total. The van der Waals surface area contributed by atoms with Gasteiger partial charge < -0.3 is 10.3 Å². The van der Waals surface area contributed by atoms with Gasteiger partial charge in [0.15, 0.2) is 0 Å². The molecular formula is C14H14N4. The van der Waals surface area contributed by atoms with Gasteiger partial charge in [-0.1, -0.05) is 24.3 Å². The molecule has 0 aliphatic rings. The van der Waals surface area contributed by atoms with Crippen LogP contribution in [0.1, 0.15) is 5.56 Å². The molecule has 0 saturated heterocycles. The van der Waals surface area contributed by atoms with Crippen molar-refractivity contribution in [1.29, 1.82) is 0 Å². The summed E-state index contributed by atoms with van der Waals surface area (Å²) in [5.41, 5.74) is 9.72. The standard InChI is InChI=1S/C14H14N4/c1-18-7-6-12-13(16-9-17-14(12)18)11-4-2-10(8-15)3-5-11/h2-7,9H,8,15H2,1H3. The Morgan fingerprint density at radius 3 is 2.61 bits per heavy atom. The van der Waals surface area contributed by atoms with E-state index in [9.17, 15) is 0 Å². The quantitative estimate of drug-likeness (QED) is 0.743. The summed E-state index contributed by atoms with van der Waals surface area (Å²) >= 11 is 0. The van der Waals surface area contributed by atoms with Crippen LogP contribution in [-0.4, -0.2) is 14.5 Å². The maximum atomic E-state index is 5.60. The van der Waals surface area contributed by atoms with Crippen molar-refractivity contribution < 1.29 is 0 Å². The van der Waals surface area contributed by atoms with Gasteiger partial charge in [0.1, 0.15) is 12.0 Å². The topological polar surface area (TPSA) is 56.7 Å². The van der Waals surface area contributed by atoms with E-state index in [-0.39, 0.29) is 0 Å². The minimum Gasteiger partial charge on any atom is -0.335 e. The Kier molecular flexibility index (Phi) is 2.57. The third-order valence-corrected chi connectivity index (χ3v) is 3.12. The number of benzene rings is 1. The first-order chi connectivity index (χ1) is 8.79. The lowest BCUT2D eigenvalue weighted by atomic mass is 10.1. The number of aryl methyl sites for hydroxylation is 1. The monoisotopic (exact) mass is 238 g/mol. The van der Waals surface area contributed by atoms with Gasteiger partial charge in [-0.25, -0.2) is 9.97 Å². The van der Waals surface area contributed by atoms with Gasteiger partial charge in [0.25, 0.3) is 0 Å². The molecule has 90 valence electrons. The molecule has 3 aromatic rings. The van der Waals surface area contributed by atoms with Gasteiger partial charge in [-0.05, 0) is 11.6 Å². The van der Waals surface area contributed by atoms with Gasteiger partial charge in [0.05, 0.1) is 5.69 Å². The van der Waals surface area contributed by atoms with E-state index in [4.69, 9.17) is 5.73 Å². The van der Waals surface area contributed by atoms with Crippen molar-refractivity contribution in [3.05, 3.63) is 48.4 Å². The van der Waals surface area contributed by atoms with E-state index in [1.807, 2.05) is 36.0 Å². The van der Waals surface area contributed by atoms with Crippen LogP contribution in [0.3, 0.4) is 0 Å². The molecule has 0 aliphatic heterocycles. The van der Waals surface area contributed by atoms with E-state index >= 15 is 0 Å². The van der Waals surface area contributed by atoms with Crippen LogP contribution in [0, 0.1) is 0 Å².